The number of benzene rings is 3. The van der Waals surface area contributed by atoms with Gasteiger partial charge in [0.1, 0.15) is 5.82 Å². The maximum Gasteiger partial charge on any atom is 0.225 e. The van der Waals surface area contributed by atoms with Crippen LogP contribution in [0.1, 0.15) is 23.0 Å². The normalized spacial score (nSPS) is 12.0. The van der Waals surface area contributed by atoms with Gasteiger partial charge in [-0.1, -0.05) is 70.5 Å². The Labute approximate surface area is 172 Å². The summed E-state index contributed by atoms with van der Waals surface area (Å²) in [6.07, 6.45) is 1.01. The average molecular weight is 434 g/mol. The lowest BCUT2D eigenvalue weighted by molar-refractivity contribution is -0.121. The van der Waals surface area contributed by atoms with Gasteiger partial charge in [-0.25, -0.2) is 4.98 Å². The molecule has 4 nitrogen and oxygen atoms in total. The Kier molecular flexibility index (Phi) is 5.53. The number of hydrogen-bond acceptors (Lipinski definition) is 2. The van der Waals surface area contributed by atoms with Crippen molar-refractivity contribution in [3.8, 4) is 0 Å². The summed E-state index contributed by atoms with van der Waals surface area (Å²) in [6, 6.07) is 25.6. The van der Waals surface area contributed by atoms with Crippen LogP contribution < -0.4 is 5.32 Å². The summed E-state index contributed by atoms with van der Waals surface area (Å²) in [5.74, 6) is 0.748. The van der Waals surface area contributed by atoms with E-state index >= 15 is 0 Å². The van der Waals surface area contributed by atoms with Gasteiger partial charge in [0.25, 0.3) is 0 Å². The Balaban J connectivity index is 1.56. The van der Waals surface area contributed by atoms with Gasteiger partial charge >= 0.3 is 0 Å². The molecule has 0 aliphatic rings. The maximum atomic E-state index is 12.7. The maximum absolute atomic E-state index is 12.7. The van der Waals surface area contributed by atoms with Crippen molar-refractivity contribution in [3.05, 3.63) is 100 Å². The minimum absolute atomic E-state index is 0.0243. The lowest BCUT2D eigenvalue weighted by Crippen LogP contribution is -2.32. The molecular weight excluding hydrogens is 414 g/mol. The van der Waals surface area contributed by atoms with E-state index in [1.807, 2.05) is 66.7 Å². The summed E-state index contributed by atoms with van der Waals surface area (Å²) in [4.78, 5) is 20.8. The summed E-state index contributed by atoms with van der Waals surface area (Å²) >= 11 is 3.42. The van der Waals surface area contributed by atoms with E-state index in [1.54, 1.807) is 0 Å². The number of para-hydroxylation sites is 2. The fourth-order valence-corrected chi connectivity index (χ4v) is 3.50. The third-order valence-electron chi connectivity index (χ3n) is 4.63. The molecular formula is C23H20BrN3O. The first-order chi connectivity index (χ1) is 13.7. The molecule has 1 unspecified atom stereocenters. The number of hydrogen-bond donors (Lipinski definition) is 2. The number of amides is 1. The molecule has 1 heterocycles. The summed E-state index contributed by atoms with van der Waals surface area (Å²) < 4.78 is 1.00. The van der Waals surface area contributed by atoms with Crippen molar-refractivity contribution in [1.82, 2.24) is 15.3 Å². The van der Waals surface area contributed by atoms with Crippen LogP contribution in [-0.4, -0.2) is 15.9 Å². The second-order valence-corrected chi connectivity index (χ2v) is 7.67. The molecule has 1 amide bonds. The molecule has 3 aromatic carbocycles. The second kappa shape index (κ2) is 8.40. The first-order valence-electron chi connectivity index (χ1n) is 9.20. The van der Waals surface area contributed by atoms with E-state index in [2.05, 4.69) is 38.4 Å². The van der Waals surface area contributed by atoms with E-state index < -0.39 is 0 Å². The summed E-state index contributed by atoms with van der Waals surface area (Å²) in [6.45, 7) is 0. The van der Waals surface area contributed by atoms with Crippen LogP contribution in [-0.2, 0) is 17.6 Å². The molecule has 0 saturated carbocycles. The zero-order valence-electron chi connectivity index (χ0n) is 15.2. The standard InChI is InChI=1S/C23H20BrN3O/c24-18-12-10-17(11-13-18)15-22(28)25-21(14-16-6-2-1-3-7-16)23-26-19-8-4-5-9-20(19)27-23/h1-13,21H,14-15H2,(H,25,28)(H,26,27). The van der Waals surface area contributed by atoms with Crippen molar-refractivity contribution < 1.29 is 4.79 Å². The quantitative estimate of drug-likeness (QED) is 0.450. The van der Waals surface area contributed by atoms with Gasteiger partial charge in [0.05, 0.1) is 23.5 Å². The zero-order valence-corrected chi connectivity index (χ0v) is 16.8. The van der Waals surface area contributed by atoms with Crippen LogP contribution in [0.15, 0.2) is 83.3 Å². The van der Waals surface area contributed by atoms with Gasteiger partial charge < -0.3 is 10.3 Å². The van der Waals surface area contributed by atoms with Gasteiger partial charge in [-0.15, -0.1) is 0 Å². The molecule has 5 heteroatoms. The molecule has 0 aliphatic heterocycles. The van der Waals surface area contributed by atoms with Gasteiger partial charge in [0.2, 0.25) is 5.91 Å². The van der Waals surface area contributed by atoms with Gasteiger partial charge in [-0.05, 0) is 41.8 Å². The Bertz CT molecular complexity index is 1040. The SMILES string of the molecule is O=C(Cc1ccc(Br)cc1)NC(Cc1ccccc1)c1nc2ccccc2[nH]1. The number of carbonyl (C=O) groups is 1. The van der Waals surface area contributed by atoms with Crippen molar-refractivity contribution in [2.45, 2.75) is 18.9 Å². The van der Waals surface area contributed by atoms with Gasteiger partial charge in [0, 0.05) is 4.47 Å². The molecule has 140 valence electrons. The number of halogens is 1. The monoisotopic (exact) mass is 433 g/mol. The number of fused-ring (bicyclic) bond motifs is 1. The van der Waals surface area contributed by atoms with E-state index in [4.69, 9.17) is 4.98 Å². The van der Waals surface area contributed by atoms with E-state index in [0.717, 1.165) is 32.5 Å². The van der Waals surface area contributed by atoms with Crippen molar-refractivity contribution in [2.24, 2.45) is 0 Å². The van der Waals surface area contributed by atoms with E-state index in [1.165, 1.54) is 0 Å². The molecule has 0 aliphatic carbocycles. The lowest BCUT2D eigenvalue weighted by atomic mass is 10.0. The van der Waals surface area contributed by atoms with Crippen LogP contribution in [0.25, 0.3) is 11.0 Å². The minimum Gasteiger partial charge on any atom is -0.346 e. The van der Waals surface area contributed by atoms with E-state index in [9.17, 15) is 4.79 Å². The highest BCUT2D eigenvalue weighted by molar-refractivity contribution is 9.10. The van der Waals surface area contributed by atoms with Crippen LogP contribution in [0, 0.1) is 0 Å². The molecule has 4 rings (SSSR count). The molecule has 28 heavy (non-hydrogen) atoms. The van der Waals surface area contributed by atoms with Crippen molar-refractivity contribution >= 4 is 32.9 Å². The second-order valence-electron chi connectivity index (χ2n) is 6.75. The molecule has 0 radical (unpaired) electrons. The van der Waals surface area contributed by atoms with E-state index in [0.29, 0.717) is 12.8 Å². The molecule has 4 aromatic rings. The smallest absolute Gasteiger partial charge is 0.225 e. The molecule has 1 aromatic heterocycles. The number of rotatable bonds is 6. The molecule has 2 N–H and O–H groups in total. The van der Waals surface area contributed by atoms with Gasteiger partial charge in [-0.2, -0.15) is 0 Å². The van der Waals surface area contributed by atoms with Gasteiger partial charge in [-0.3, -0.25) is 4.79 Å². The summed E-state index contributed by atoms with van der Waals surface area (Å²) in [5.41, 5.74) is 4.00. The fourth-order valence-electron chi connectivity index (χ4n) is 3.24. The van der Waals surface area contributed by atoms with Crippen LogP contribution in [0.2, 0.25) is 0 Å². The first kappa shape index (κ1) is 18.4. The van der Waals surface area contributed by atoms with Crippen LogP contribution in [0.3, 0.4) is 0 Å². The molecule has 0 fully saturated rings. The lowest BCUT2D eigenvalue weighted by Gasteiger charge is -2.17. The van der Waals surface area contributed by atoms with Crippen molar-refractivity contribution in [3.63, 3.8) is 0 Å². The number of imidazole rings is 1. The molecule has 1 atom stereocenters. The van der Waals surface area contributed by atoms with Crippen LogP contribution >= 0.6 is 15.9 Å². The van der Waals surface area contributed by atoms with Crippen molar-refractivity contribution in [2.75, 3.05) is 0 Å². The number of nitrogens with zero attached hydrogens (tertiary/aromatic N) is 1. The highest BCUT2D eigenvalue weighted by atomic mass is 79.9. The third-order valence-corrected chi connectivity index (χ3v) is 5.16. The highest BCUT2D eigenvalue weighted by Crippen LogP contribution is 2.20. The zero-order chi connectivity index (χ0) is 19.3. The largest absolute Gasteiger partial charge is 0.346 e. The number of aromatic amines is 1. The number of aromatic nitrogens is 2. The Morgan fingerprint density at radius 3 is 2.39 bits per heavy atom. The Morgan fingerprint density at radius 1 is 0.929 bits per heavy atom. The Morgan fingerprint density at radius 2 is 1.64 bits per heavy atom. The number of carbonyl (C=O) groups excluding carboxylic acids is 1. The van der Waals surface area contributed by atoms with Crippen LogP contribution in [0.5, 0.6) is 0 Å². The topological polar surface area (TPSA) is 57.8 Å². The van der Waals surface area contributed by atoms with Crippen LogP contribution in [0.4, 0.5) is 0 Å². The summed E-state index contributed by atoms with van der Waals surface area (Å²) in [7, 11) is 0. The predicted molar refractivity (Wildman–Crippen MR) is 115 cm³/mol. The number of nitrogens with one attached hydrogen (secondary N) is 2. The highest BCUT2D eigenvalue weighted by Gasteiger charge is 2.19. The van der Waals surface area contributed by atoms with Crippen molar-refractivity contribution in [1.29, 1.82) is 0 Å². The number of H-pyrrole nitrogens is 1. The molecule has 0 saturated heterocycles. The fraction of sp³-hybridized carbons (Fsp3) is 0.130. The van der Waals surface area contributed by atoms with Gasteiger partial charge in [0.15, 0.2) is 0 Å². The molecule has 0 bridgehead atoms. The van der Waals surface area contributed by atoms with E-state index in [-0.39, 0.29) is 11.9 Å². The molecule has 0 spiro atoms. The average Bonchev–Trinajstić information content (AvgIpc) is 3.14. The predicted octanol–water partition coefficient (Wildman–Crippen LogP) is 4.97. The minimum atomic E-state index is -0.224. The summed E-state index contributed by atoms with van der Waals surface area (Å²) in [5, 5.41) is 3.16. The third kappa shape index (κ3) is 4.49. The first-order valence-corrected chi connectivity index (χ1v) is 9.99. The Hall–Kier alpha value is -2.92.